The van der Waals surface area contributed by atoms with Crippen molar-refractivity contribution in [1.82, 2.24) is 5.16 Å². The van der Waals surface area contributed by atoms with E-state index in [0.29, 0.717) is 45.3 Å². The molecule has 2 N–H and O–H groups in total. The van der Waals surface area contributed by atoms with Gasteiger partial charge in [0.15, 0.2) is 0 Å². The SMILES string of the molecule is CCc1ccc(C(=O)O)cc1S(=O)(=O)Nc1cc(-c2cnoc2C)c(Cl)cc1N1CCCCC1. The number of anilines is 2. The quantitative estimate of drug-likeness (QED) is 0.446. The van der Waals surface area contributed by atoms with Crippen LogP contribution in [0.25, 0.3) is 11.1 Å². The highest BCUT2D eigenvalue weighted by molar-refractivity contribution is 7.92. The van der Waals surface area contributed by atoms with Crippen molar-refractivity contribution in [2.24, 2.45) is 0 Å². The van der Waals surface area contributed by atoms with Crippen LogP contribution in [0.15, 0.2) is 45.9 Å². The molecule has 0 atom stereocenters. The van der Waals surface area contributed by atoms with E-state index in [1.165, 1.54) is 18.2 Å². The molecular formula is C24H26ClN3O5S. The predicted octanol–water partition coefficient (Wildman–Crippen LogP) is 5.36. The highest BCUT2D eigenvalue weighted by atomic mass is 35.5. The second kappa shape index (κ2) is 9.68. The Morgan fingerprint density at radius 1 is 1.18 bits per heavy atom. The summed E-state index contributed by atoms with van der Waals surface area (Å²) in [5.41, 5.74) is 2.74. The number of piperidine rings is 1. The number of benzene rings is 2. The fourth-order valence-corrected chi connectivity index (χ4v) is 5.90. The lowest BCUT2D eigenvalue weighted by atomic mass is 10.0. The van der Waals surface area contributed by atoms with E-state index in [4.69, 9.17) is 16.1 Å². The highest BCUT2D eigenvalue weighted by Gasteiger charge is 2.25. The van der Waals surface area contributed by atoms with E-state index in [1.807, 2.05) is 6.92 Å². The fraction of sp³-hybridized carbons (Fsp3) is 0.333. The minimum atomic E-state index is -4.10. The van der Waals surface area contributed by atoms with Crippen LogP contribution in [0.4, 0.5) is 11.4 Å². The molecule has 3 aromatic rings. The van der Waals surface area contributed by atoms with Crippen LogP contribution in [-0.4, -0.2) is 37.7 Å². The van der Waals surface area contributed by atoms with E-state index >= 15 is 0 Å². The standard InChI is InChI=1S/C24H26ClN3O5S/c1-3-16-7-8-17(24(29)30)11-23(16)34(31,32)27-21-12-18(19-14-26-33-15(19)2)20(25)13-22(21)28-9-5-4-6-10-28/h7-8,11-14,27H,3-6,9-10H2,1-2H3,(H,29,30). The van der Waals surface area contributed by atoms with Gasteiger partial charge in [-0.25, -0.2) is 13.2 Å². The van der Waals surface area contributed by atoms with Crippen LogP contribution in [0.2, 0.25) is 5.02 Å². The van der Waals surface area contributed by atoms with Crippen LogP contribution in [-0.2, 0) is 16.4 Å². The van der Waals surface area contributed by atoms with Crippen molar-refractivity contribution in [2.45, 2.75) is 44.4 Å². The van der Waals surface area contributed by atoms with Gasteiger partial charge in [0.25, 0.3) is 10.0 Å². The van der Waals surface area contributed by atoms with Crippen molar-refractivity contribution in [3.05, 3.63) is 58.4 Å². The first-order valence-corrected chi connectivity index (χ1v) is 13.0. The third-order valence-electron chi connectivity index (χ3n) is 6.05. The molecule has 180 valence electrons. The topological polar surface area (TPSA) is 113 Å². The van der Waals surface area contributed by atoms with Gasteiger partial charge in [0.2, 0.25) is 0 Å². The van der Waals surface area contributed by atoms with Crippen molar-refractivity contribution in [1.29, 1.82) is 0 Å². The molecule has 2 aromatic carbocycles. The number of carboxylic acid groups (broad SMARTS) is 1. The summed E-state index contributed by atoms with van der Waals surface area (Å²) in [7, 11) is -4.10. The summed E-state index contributed by atoms with van der Waals surface area (Å²) in [6.45, 7) is 5.14. The molecule has 34 heavy (non-hydrogen) atoms. The number of sulfonamides is 1. The van der Waals surface area contributed by atoms with E-state index in [0.717, 1.165) is 32.4 Å². The van der Waals surface area contributed by atoms with Crippen LogP contribution in [0, 0.1) is 6.92 Å². The number of aryl methyl sites for hydroxylation is 2. The predicted molar refractivity (Wildman–Crippen MR) is 131 cm³/mol. The van der Waals surface area contributed by atoms with Gasteiger partial charge in [-0.05, 0) is 62.4 Å². The number of nitrogens with one attached hydrogen (secondary N) is 1. The van der Waals surface area contributed by atoms with Crippen LogP contribution < -0.4 is 9.62 Å². The summed E-state index contributed by atoms with van der Waals surface area (Å²) in [5.74, 6) is -0.631. The van der Waals surface area contributed by atoms with E-state index in [1.54, 1.807) is 25.3 Å². The average molecular weight is 504 g/mol. The smallest absolute Gasteiger partial charge is 0.335 e. The molecule has 0 saturated carbocycles. The molecule has 1 aromatic heterocycles. The zero-order valence-corrected chi connectivity index (χ0v) is 20.5. The normalized spacial score (nSPS) is 14.3. The van der Waals surface area contributed by atoms with Crippen LogP contribution >= 0.6 is 11.6 Å². The highest BCUT2D eigenvalue weighted by Crippen LogP contribution is 2.40. The molecule has 1 aliphatic rings. The van der Waals surface area contributed by atoms with Crippen molar-refractivity contribution >= 4 is 39.0 Å². The van der Waals surface area contributed by atoms with E-state index in [-0.39, 0.29) is 10.5 Å². The Labute approximate surface area is 203 Å². The van der Waals surface area contributed by atoms with Gasteiger partial charge in [0.1, 0.15) is 5.76 Å². The van der Waals surface area contributed by atoms with Crippen molar-refractivity contribution in [2.75, 3.05) is 22.7 Å². The van der Waals surface area contributed by atoms with Gasteiger partial charge in [-0.2, -0.15) is 0 Å². The molecule has 0 bridgehead atoms. The lowest BCUT2D eigenvalue weighted by Gasteiger charge is -2.31. The van der Waals surface area contributed by atoms with Gasteiger partial charge in [0, 0.05) is 24.2 Å². The molecular weight excluding hydrogens is 478 g/mol. The maximum absolute atomic E-state index is 13.6. The largest absolute Gasteiger partial charge is 0.478 e. The van der Waals surface area contributed by atoms with Crippen LogP contribution in [0.5, 0.6) is 0 Å². The minimum Gasteiger partial charge on any atom is -0.478 e. The van der Waals surface area contributed by atoms with Gasteiger partial charge < -0.3 is 14.5 Å². The summed E-state index contributed by atoms with van der Waals surface area (Å²) in [5, 5.41) is 13.7. The Morgan fingerprint density at radius 2 is 1.91 bits per heavy atom. The lowest BCUT2D eigenvalue weighted by Crippen LogP contribution is -2.30. The lowest BCUT2D eigenvalue weighted by molar-refractivity contribution is 0.0696. The van der Waals surface area contributed by atoms with Gasteiger partial charge >= 0.3 is 5.97 Å². The first-order valence-electron chi connectivity index (χ1n) is 11.1. The number of aromatic carboxylic acids is 1. The van der Waals surface area contributed by atoms with Gasteiger partial charge in [-0.3, -0.25) is 4.72 Å². The Balaban J connectivity index is 1.84. The summed E-state index contributed by atoms with van der Waals surface area (Å²) < 4.78 is 35.0. The number of halogens is 1. The first-order chi connectivity index (χ1) is 16.2. The summed E-state index contributed by atoms with van der Waals surface area (Å²) in [6.07, 6.45) is 5.08. The van der Waals surface area contributed by atoms with Crippen LogP contribution in [0.1, 0.15) is 47.9 Å². The van der Waals surface area contributed by atoms with Crippen LogP contribution in [0.3, 0.4) is 0 Å². The third-order valence-corrected chi connectivity index (χ3v) is 7.81. The number of rotatable bonds is 7. The Hall–Kier alpha value is -3.04. The molecule has 0 amide bonds. The summed E-state index contributed by atoms with van der Waals surface area (Å²) >= 11 is 6.64. The molecule has 10 heteroatoms. The maximum Gasteiger partial charge on any atom is 0.335 e. The molecule has 1 fully saturated rings. The minimum absolute atomic E-state index is 0.0582. The van der Waals surface area contributed by atoms with E-state index in [2.05, 4.69) is 14.8 Å². The molecule has 1 aliphatic heterocycles. The molecule has 8 nitrogen and oxygen atoms in total. The molecule has 2 heterocycles. The molecule has 0 radical (unpaired) electrons. The van der Waals surface area contributed by atoms with Gasteiger partial charge in [-0.15, -0.1) is 0 Å². The van der Waals surface area contributed by atoms with Crippen molar-refractivity contribution in [3.63, 3.8) is 0 Å². The summed E-state index contributed by atoms with van der Waals surface area (Å²) in [6, 6.07) is 7.60. The number of nitrogens with zero attached hydrogens (tertiary/aromatic N) is 2. The van der Waals surface area contributed by atoms with E-state index in [9.17, 15) is 18.3 Å². The number of hydrogen-bond donors (Lipinski definition) is 2. The van der Waals surface area contributed by atoms with Crippen molar-refractivity contribution < 1.29 is 22.8 Å². The molecule has 0 unspecified atom stereocenters. The Bertz CT molecular complexity index is 1330. The second-order valence-corrected chi connectivity index (χ2v) is 10.3. The average Bonchev–Trinajstić information content (AvgIpc) is 3.25. The molecule has 1 saturated heterocycles. The number of carbonyl (C=O) groups is 1. The number of carboxylic acids is 1. The monoisotopic (exact) mass is 503 g/mol. The van der Waals surface area contributed by atoms with E-state index < -0.39 is 16.0 Å². The first kappa shape index (κ1) is 24.1. The zero-order chi connectivity index (χ0) is 24.5. The number of aromatic nitrogens is 1. The Morgan fingerprint density at radius 3 is 2.53 bits per heavy atom. The molecule has 0 spiro atoms. The summed E-state index contributed by atoms with van der Waals surface area (Å²) in [4.78, 5) is 13.6. The number of hydrogen-bond acceptors (Lipinski definition) is 6. The third kappa shape index (κ3) is 4.76. The fourth-order valence-electron chi connectivity index (χ4n) is 4.23. The Kier molecular flexibility index (Phi) is 6.86. The van der Waals surface area contributed by atoms with Gasteiger partial charge in [0.05, 0.1) is 33.1 Å². The molecule has 0 aliphatic carbocycles. The zero-order valence-electron chi connectivity index (χ0n) is 19.0. The van der Waals surface area contributed by atoms with Gasteiger partial charge in [-0.1, -0.05) is 29.7 Å². The maximum atomic E-state index is 13.6. The molecule has 4 rings (SSSR count). The van der Waals surface area contributed by atoms with Crippen molar-refractivity contribution in [3.8, 4) is 11.1 Å². The second-order valence-electron chi connectivity index (χ2n) is 8.28.